The summed E-state index contributed by atoms with van der Waals surface area (Å²) in [5.41, 5.74) is 7.78. The van der Waals surface area contributed by atoms with E-state index in [0.29, 0.717) is 47.5 Å². The first-order chi connectivity index (χ1) is 20.0. The van der Waals surface area contributed by atoms with E-state index in [1.54, 1.807) is 13.2 Å². The van der Waals surface area contributed by atoms with Crippen molar-refractivity contribution in [1.29, 1.82) is 0 Å². The molecule has 0 spiro atoms. The van der Waals surface area contributed by atoms with Crippen molar-refractivity contribution in [2.75, 3.05) is 27.2 Å². The summed E-state index contributed by atoms with van der Waals surface area (Å²) >= 11 is 0. The molecule has 1 atom stereocenters. The number of rotatable bonds is 1. The summed E-state index contributed by atoms with van der Waals surface area (Å²) in [5, 5.41) is 10.6. The Balaban J connectivity index is 1.33. The fraction of sp³-hybridized carbons (Fsp3) is 0.265. The lowest BCUT2D eigenvalue weighted by Gasteiger charge is -2.38. The zero-order valence-corrected chi connectivity index (χ0v) is 23.1. The first-order valence-electron chi connectivity index (χ1n) is 14.1. The first-order valence-corrected chi connectivity index (χ1v) is 14.1. The summed E-state index contributed by atoms with van der Waals surface area (Å²) in [4.78, 5) is 7.30. The van der Waals surface area contributed by atoms with Crippen LogP contribution in [0.2, 0.25) is 0 Å². The fourth-order valence-electron chi connectivity index (χ4n) is 6.53. The smallest absolute Gasteiger partial charge is 0.212 e. The van der Waals surface area contributed by atoms with E-state index in [1.807, 2.05) is 24.3 Å². The second-order valence-corrected chi connectivity index (χ2v) is 11.2. The van der Waals surface area contributed by atoms with Gasteiger partial charge < -0.3 is 24.1 Å². The van der Waals surface area contributed by atoms with E-state index >= 15 is 0 Å². The van der Waals surface area contributed by atoms with Gasteiger partial charge in [-0.15, -0.1) is 0 Å². The third-order valence-corrected chi connectivity index (χ3v) is 8.71. The SMILES string of the molecule is COc1cc2c3c4c1Oc1cc5c(cc1O4)C(=NCC5)Cc1ccc(O)c(c1)Oc1ccc(cc1)C[C@@H]3N(C)CC2. The third-order valence-electron chi connectivity index (χ3n) is 8.71. The lowest BCUT2D eigenvalue weighted by molar-refractivity contribution is 0.220. The number of phenolic OH excluding ortho intramolecular Hbond substituents is 1. The van der Waals surface area contributed by atoms with Crippen LogP contribution in [0.25, 0.3) is 0 Å². The molecule has 4 aromatic rings. The number of hydrogen-bond acceptors (Lipinski definition) is 7. The highest BCUT2D eigenvalue weighted by molar-refractivity contribution is 6.04. The Morgan fingerprint density at radius 3 is 2.51 bits per heavy atom. The monoisotopic (exact) mass is 546 g/mol. The lowest BCUT2D eigenvalue weighted by atomic mass is 9.87. The minimum atomic E-state index is 0.0877. The minimum Gasteiger partial charge on any atom is -0.504 e. The lowest BCUT2D eigenvalue weighted by Crippen LogP contribution is -2.34. The van der Waals surface area contributed by atoms with Gasteiger partial charge in [-0.2, -0.15) is 0 Å². The van der Waals surface area contributed by atoms with Crippen molar-refractivity contribution in [3.63, 3.8) is 0 Å². The highest BCUT2D eigenvalue weighted by atomic mass is 16.6. The van der Waals surface area contributed by atoms with Gasteiger partial charge in [0.1, 0.15) is 5.75 Å². The van der Waals surface area contributed by atoms with E-state index in [0.717, 1.165) is 54.0 Å². The number of phenols is 1. The van der Waals surface area contributed by atoms with E-state index < -0.39 is 0 Å². The zero-order valence-electron chi connectivity index (χ0n) is 23.1. The van der Waals surface area contributed by atoms with Gasteiger partial charge in [0.2, 0.25) is 5.75 Å². The van der Waals surface area contributed by atoms with E-state index in [2.05, 4.69) is 42.3 Å². The number of aromatic hydroxyl groups is 1. The molecule has 4 aromatic carbocycles. The van der Waals surface area contributed by atoms with Crippen molar-refractivity contribution in [2.45, 2.75) is 31.7 Å². The van der Waals surface area contributed by atoms with Gasteiger partial charge in [0.25, 0.3) is 0 Å². The van der Waals surface area contributed by atoms with Crippen LogP contribution in [0.1, 0.15) is 39.4 Å². The van der Waals surface area contributed by atoms with Crippen LogP contribution >= 0.6 is 0 Å². The van der Waals surface area contributed by atoms with Crippen LogP contribution in [-0.2, 0) is 25.7 Å². The molecule has 0 aliphatic carbocycles. The van der Waals surface area contributed by atoms with Crippen LogP contribution in [0.4, 0.5) is 0 Å². The van der Waals surface area contributed by atoms with Crippen molar-refractivity contribution in [3.8, 4) is 46.0 Å². The number of nitrogens with zero attached hydrogens (tertiary/aromatic N) is 2. The fourth-order valence-corrected chi connectivity index (χ4v) is 6.53. The first kappa shape index (κ1) is 24.3. The number of likely N-dealkylation sites (N-methyl/N-ethyl adjacent to an activating group) is 1. The van der Waals surface area contributed by atoms with Gasteiger partial charge in [0.05, 0.1) is 7.11 Å². The van der Waals surface area contributed by atoms with Crippen LogP contribution in [-0.4, -0.2) is 43.0 Å². The number of hydrogen-bond donors (Lipinski definition) is 1. The zero-order chi connectivity index (χ0) is 27.7. The Hall–Kier alpha value is -4.49. The number of benzene rings is 4. The Kier molecular flexibility index (Phi) is 5.50. The minimum absolute atomic E-state index is 0.0877. The Morgan fingerprint density at radius 2 is 1.66 bits per heavy atom. The van der Waals surface area contributed by atoms with Gasteiger partial charge in [0.15, 0.2) is 34.5 Å². The van der Waals surface area contributed by atoms with Gasteiger partial charge in [-0.3, -0.25) is 9.89 Å². The van der Waals surface area contributed by atoms with Crippen LogP contribution < -0.4 is 18.9 Å². The molecule has 7 nitrogen and oxygen atoms in total. The van der Waals surface area contributed by atoms with Crippen molar-refractivity contribution >= 4 is 5.71 Å². The van der Waals surface area contributed by atoms with Crippen molar-refractivity contribution < 1.29 is 24.1 Å². The molecule has 0 aromatic heterocycles. The van der Waals surface area contributed by atoms with E-state index in [1.165, 1.54) is 16.7 Å². The van der Waals surface area contributed by atoms with E-state index in [9.17, 15) is 5.11 Å². The predicted octanol–water partition coefficient (Wildman–Crippen LogP) is 6.76. The van der Waals surface area contributed by atoms with Crippen molar-refractivity contribution in [2.24, 2.45) is 4.99 Å². The number of aliphatic imine (C=N–C) groups is 1. The molecule has 5 heterocycles. The topological polar surface area (TPSA) is 72.8 Å². The molecule has 1 N–H and O–H groups in total. The van der Waals surface area contributed by atoms with Crippen LogP contribution in [0.15, 0.2) is 65.7 Å². The molecule has 0 radical (unpaired) electrons. The quantitative estimate of drug-likeness (QED) is 0.250. The molecule has 0 unspecified atom stereocenters. The molecule has 0 saturated carbocycles. The second kappa shape index (κ2) is 9.28. The molecule has 5 aliphatic rings. The standard InChI is InChI=1S/C34H30N2O5/c1-36-12-10-22-17-31(38-2)33-34-32(22)26(36)14-19-3-6-23(7-4-19)39-28-15-20(5-8-27(28)37)13-25-24-18-30(41-34)29(40-33)16-21(24)9-11-35-25/h3-8,15-18,26,37H,9-14H2,1-2H3/t26-/m0/s1. The van der Waals surface area contributed by atoms with E-state index in [-0.39, 0.29) is 11.8 Å². The number of methoxy groups -OCH3 is 1. The Labute approximate surface area is 238 Å². The van der Waals surface area contributed by atoms with Gasteiger partial charge >= 0.3 is 0 Å². The highest BCUT2D eigenvalue weighted by Gasteiger charge is 2.36. The Bertz CT molecular complexity index is 1740. The van der Waals surface area contributed by atoms with E-state index in [4.69, 9.17) is 23.9 Å². The van der Waals surface area contributed by atoms with Gasteiger partial charge in [-0.05, 0) is 91.0 Å². The molecule has 0 amide bonds. The molecular weight excluding hydrogens is 516 g/mol. The summed E-state index contributed by atoms with van der Waals surface area (Å²) < 4.78 is 25.4. The predicted molar refractivity (Wildman–Crippen MR) is 156 cm³/mol. The molecule has 7 heteroatoms. The molecule has 41 heavy (non-hydrogen) atoms. The largest absolute Gasteiger partial charge is 0.504 e. The molecule has 9 rings (SSSR count). The molecular formula is C34H30N2O5. The number of fused-ring (bicyclic) bond motifs is 2. The van der Waals surface area contributed by atoms with Crippen molar-refractivity contribution in [1.82, 2.24) is 4.90 Å². The normalized spacial score (nSPS) is 18.4. The number of ether oxygens (including phenoxy) is 4. The highest BCUT2D eigenvalue weighted by Crippen LogP contribution is 2.56. The molecule has 0 saturated heterocycles. The van der Waals surface area contributed by atoms with Crippen molar-refractivity contribution in [3.05, 3.63) is 94.0 Å². The molecule has 7 bridgehead atoms. The van der Waals surface area contributed by atoms with Gasteiger partial charge in [-0.1, -0.05) is 18.2 Å². The van der Waals surface area contributed by atoms with Crippen LogP contribution in [0.5, 0.6) is 46.0 Å². The molecule has 5 aliphatic heterocycles. The summed E-state index contributed by atoms with van der Waals surface area (Å²) in [6.07, 6.45) is 3.13. The third kappa shape index (κ3) is 4.03. The second-order valence-electron chi connectivity index (χ2n) is 11.2. The van der Waals surface area contributed by atoms with Gasteiger partial charge in [-0.25, -0.2) is 0 Å². The summed E-state index contributed by atoms with van der Waals surface area (Å²) in [5.74, 6) is 4.67. The molecule has 206 valence electrons. The summed E-state index contributed by atoms with van der Waals surface area (Å²) in [6, 6.07) is 20.0. The summed E-state index contributed by atoms with van der Waals surface area (Å²) in [6.45, 7) is 1.64. The van der Waals surface area contributed by atoms with Crippen LogP contribution in [0, 0.1) is 0 Å². The molecule has 0 fully saturated rings. The Morgan fingerprint density at radius 1 is 0.854 bits per heavy atom. The summed E-state index contributed by atoms with van der Waals surface area (Å²) in [7, 11) is 3.85. The van der Waals surface area contributed by atoms with Gasteiger partial charge in [0, 0.05) is 42.4 Å². The maximum atomic E-state index is 10.6. The maximum Gasteiger partial charge on any atom is 0.212 e. The average molecular weight is 547 g/mol. The maximum absolute atomic E-state index is 10.6. The average Bonchev–Trinajstić information content (AvgIpc) is 2.98. The van der Waals surface area contributed by atoms with Crippen LogP contribution in [0.3, 0.4) is 0 Å².